The lowest BCUT2D eigenvalue weighted by Crippen LogP contribution is -2.51. The molecule has 3 heterocycles. The van der Waals surface area contributed by atoms with E-state index in [1.54, 1.807) is 0 Å². The molecule has 0 bridgehead atoms. The van der Waals surface area contributed by atoms with Crippen LogP contribution in [0.5, 0.6) is 0 Å². The lowest BCUT2D eigenvalue weighted by atomic mass is 9.83. The minimum atomic E-state index is 0.0502. The molecule has 0 aliphatic carbocycles. The second-order valence-corrected chi connectivity index (χ2v) is 8.06. The van der Waals surface area contributed by atoms with Gasteiger partial charge in [-0.25, -0.2) is 0 Å². The summed E-state index contributed by atoms with van der Waals surface area (Å²) in [7, 11) is 1.93. The van der Waals surface area contributed by atoms with Crippen LogP contribution in [-0.2, 0) is 6.42 Å². The van der Waals surface area contributed by atoms with E-state index >= 15 is 0 Å². The van der Waals surface area contributed by atoms with E-state index in [9.17, 15) is 4.79 Å². The van der Waals surface area contributed by atoms with Crippen LogP contribution in [0.2, 0.25) is 0 Å². The molecule has 1 aromatic heterocycles. The van der Waals surface area contributed by atoms with Crippen molar-refractivity contribution in [2.45, 2.75) is 58.4 Å². The number of carbonyl (C=O) groups excluding carboxylic acids is 1. The molecule has 2 atom stereocenters. The number of aromatic nitrogens is 2. The Morgan fingerprint density at radius 2 is 2.12 bits per heavy atom. The highest BCUT2D eigenvalue weighted by molar-refractivity contribution is 5.92. The Labute approximate surface area is 145 Å². The number of nitrogens with zero attached hydrogens (tertiary/aromatic N) is 3. The molecule has 3 rings (SSSR count). The number of H-pyrrole nitrogens is 1. The number of hydrogen-bond donors (Lipinski definition) is 1. The zero-order chi connectivity index (χ0) is 17.1. The second-order valence-electron chi connectivity index (χ2n) is 8.06. The molecule has 2 aliphatic rings. The first-order valence-electron chi connectivity index (χ1n) is 9.58. The van der Waals surface area contributed by atoms with Crippen molar-refractivity contribution in [3.8, 4) is 0 Å². The highest BCUT2D eigenvalue weighted by atomic mass is 16.2. The first kappa shape index (κ1) is 17.5. The number of nitrogens with one attached hydrogen (secondary N) is 1. The van der Waals surface area contributed by atoms with E-state index in [2.05, 4.69) is 28.9 Å². The Bertz CT molecular complexity index is 551. The van der Waals surface area contributed by atoms with Gasteiger partial charge in [-0.3, -0.25) is 9.89 Å². The Balaban J connectivity index is 1.60. The van der Waals surface area contributed by atoms with Gasteiger partial charge in [0.05, 0.1) is 0 Å². The molecule has 0 radical (unpaired) electrons. The fourth-order valence-corrected chi connectivity index (χ4v) is 4.44. The average Bonchev–Trinajstić information content (AvgIpc) is 3.02. The summed E-state index contributed by atoms with van der Waals surface area (Å²) in [5, 5.41) is 7.25. The third kappa shape index (κ3) is 4.00. The van der Waals surface area contributed by atoms with Crippen molar-refractivity contribution in [1.29, 1.82) is 0 Å². The zero-order valence-corrected chi connectivity index (χ0v) is 15.4. The molecule has 134 valence electrons. The van der Waals surface area contributed by atoms with Gasteiger partial charge in [-0.05, 0) is 63.1 Å². The molecule has 1 aromatic rings. The van der Waals surface area contributed by atoms with Gasteiger partial charge >= 0.3 is 0 Å². The Morgan fingerprint density at radius 3 is 2.92 bits per heavy atom. The fourth-order valence-electron chi connectivity index (χ4n) is 4.44. The van der Waals surface area contributed by atoms with Gasteiger partial charge in [-0.2, -0.15) is 5.10 Å². The number of piperidine rings is 2. The standard InChI is InChI=1S/C19H32N4O/c1-14(2)11-16-12-17(21-20-16)19(24)22(3)13-15-7-6-10-23-9-5-4-8-18(15)23/h12,14-15,18H,4-11,13H2,1-3H3,(H,20,21)/t15-,18-/m1/s1. The van der Waals surface area contributed by atoms with Gasteiger partial charge in [0.15, 0.2) is 0 Å². The smallest absolute Gasteiger partial charge is 0.274 e. The Morgan fingerprint density at radius 1 is 1.33 bits per heavy atom. The maximum atomic E-state index is 12.7. The average molecular weight is 332 g/mol. The summed E-state index contributed by atoms with van der Waals surface area (Å²) < 4.78 is 0. The number of rotatable bonds is 5. The van der Waals surface area contributed by atoms with E-state index in [0.717, 1.165) is 18.7 Å². The van der Waals surface area contributed by atoms with Crippen molar-refractivity contribution >= 4 is 5.91 Å². The largest absolute Gasteiger partial charge is 0.340 e. The first-order chi connectivity index (χ1) is 11.5. The third-order valence-electron chi connectivity index (χ3n) is 5.56. The molecule has 2 aliphatic heterocycles. The fraction of sp³-hybridized carbons (Fsp3) is 0.789. The maximum Gasteiger partial charge on any atom is 0.274 e. The van der Waals surface area contributed by atoms with E-state index in [1.807, 2.05) is 18.0 Å². The summed E-state index contributed by atoms with van der Waals surface area (Å²) in [5.74, 6) is 1.22. The third-order valence-corrected chi connectivity index (χ3v) is 5.56. The predicted octanol–water partition coefficient (Wildman–Crippen LogP) is 2.94. The van der Waals surface area contributed by atoms with Crippen molar-refractivity contribution in [2.75, 3.05) is 26.7 Å². The minimum Gasteiger partial charge on any atom is -0.340 e. The normalized spacial score (nSPS) is 24.8. The van der Waals surface area contributed by atoms with Crippen LogP contribution in [0.25, 0.3) is 0 Å². The second kappa shape index (κ2) is 7.68. The van der Waals surface area contributed by atoms with Crippen molar-refractivity contribution in [3.05, 3.63) is 17.5 Å². The molecular weight excluding hydrogens is 300 g/mol. The van der Waals surface area contributed by atoms with Crippen molar-refractivity contribution in [3.63, 3.8) is 0 Å². The Hall–Kier alpha value is -1.36. The van der Waals surface area contributed by atoms with Gasteiger partial charge in [-0.15, -0.1) is 0 Å². The number of aromatic amines is 1. The van der Waals surface area contributed by atoms with Crippen molar-refractivity contribution in [1.82, 2.24) is 20.0 Å². The lowest BCUT2D eigenvalue weighted by molar-refractivity contribution is 0.0401. The molecule has 5 heteroatoms. The van der Waals surface area contributed by atoms with E-state index in [0.29, 0.717) is 23.6 Å². The molecule has 2 saturated heterocycles. The van der Waals surface area contributed by atoms with Crippen molar-refractivity contribution in [2.24, 2.45) is 11.8 Å². The summed E-state index contributed by atoms with van der Waals surface area (Å²) in [6.45, 7) is 7.70. The van der Waals surface area contributed by atoms with Gasteiger partial charge in [0.25, 0.3) is 5.91 Å². The van der Waals surface area contributed by atoms with Gasteiger partial charge in [0.1, 0.15) is 5.69 Å². The molecule has 0 aromatic carbocycles. The van der Waals surface area contributed by atoms with Crippen LogP contribution < -0.4 is 0 Å². The summed E-state index contributed by atoms with van der Waals surface area (Å²) in [6, 6.07) is 2.60. The van der Waals surface area contributed by atoms with Gasteiger partial charge in [0, 0.05) is 25.3 Å². The first-order valence-corrected chi connectivity index (χ1v) is 9.58. The monoisotopic (exact) mass is 332 g/mol. The van der Waals surface area contributed by atoms with E-state index in [-0.39, 0.29) is 5.91 Å². The number of amides is 1. The summed E-state index contributed by atoms with van der Waals surface area (Å²) in [6.07, 6.45) is 7.43. The molecule has 0 spiro atoms. The summed E-state index contributed by atoms with van der Waals surface area (Å²) in [4.78, 5) is 17.3. The van der Waals surface area contributed by atoms with Gasteiger partial charge in [0.2, 0.25) is 0 Å². The lowest BCUT2D eigenvalue weighted by Gasteiger charge is -2.45. The number of hydrogen-bond acceptors (Lipinski definition) is 3. The maximum absolute atomic E-state index is 12.7. The van der Waals surface area contributed by atoms with Crippen LogP contribution in [0, 0.1) is 11.8 Å². The van der Waals surface area contributed by atoms with Crippen LogP contribution >= 0.6 is 0 Å². The number of fused-ring (bicyclic) bond motifs is 1. The van der Waals surface area contributed by atoms with Crippen LogP contribution in [0.4, 0.5) is 0 Å². The Kier molecular flexibility index (Phi) is 5.59. The molecule has 1 N–H and O–H groups in total. The quantitative estimate of drug-likeness (QED) is 0.902. The zero-order valence-electron chi connectivity index (χ0n) is 15.4. The highest BCUT2D eigenvalue weighted by Gasteiger charge is 2.34. The van der Waals surface area contributed by atoms with E-state index < -0.39 is 0 Å². The molecule has 2 fully saturated rings. The topological polar surface area (TPSA) is 52.2 Å². The molecule has 24 heavy (non-hydrogen) atoms. The summed E-state index contributed by atoms with van der Waals surface area (Å²) >= 11 is 0. The van der Waals surface area contributed by atoms with Crippen LogP contribution in [0.1, 0.15) is 62.1 Å². The minimum absolute atomic E-state index is 0.0502. The molecule has 0 unspecified atom stereocenters. The molecule has 5 nitrogen and oxygen atoms in total. The number of carbonyl (C=O) groups is 1. The SMILES string of the molecule is CC(C)Cc1cc(C(=O)N(C)C[C@H]2CCCN3CCCC[C@H]23)n[nH]1. The predicted molar refractivity (Wildman–Crippen MR) is 96.0 cm³/mol. The van der Waals surface area contributed by atoms with Crippen LogP contribution in [-0.4, -0.2) is 58.6 Å². The molecule has 0 saturated carbocycles. The van der Waals surface area contributed by atoms with E-state index in [4.69, 9.17) is 0 Å². The van der Waals surface area contributed by atoms with Crippen molar-refractivity contribution < 1.29 is 4.79 Å². The van der Waals surface area contributed by atoms with Gasteiger partial charge in [-0.1, -0.05) is 20.3 Å². The van der Waals surface area contributed by atoms with E-state index in [1.165, 1.54) is 45.2 Å². The van der Waals surface area contributed by atoms with Crippen LogP contribution in [0.15, 0.2) is 6.07 Å². The van der Waals surface area contributed by atoms with Crippen LogP contribution in [0.3, 0.4) is 0 Å². The highest BCUT2D eigenvalue weighted by Crippen LogP contribution is 2.31. The summed E-state index contributed by atoms with van der Waals surface area (Å²) in [5.41, 5.74) is 1.61. The molecule has 1 amide bonds. The molecular formula is C19H32N4O. The van der Waals surface area contributed by atoms with Gasteiger partial charge < -0.3 is 9.80 Å².